The van der Waals surface area contributed by atoms with E-state index in [0.29, 0.717) is 31.8 Å². The van der Waals surface area contributed by atoms with Gasteiger partial charge in [0.25, 0.3) is 0 Å². The lowest BCUT2D eigenvalue weighted by Gasteiger charge is -2.38. The van der Waals surface area contributed by atoms with Crippen molar-refractivity contribution in [1.29, 1.82) is 0 Å². The van der Waals surface area contributed by atoms with Crippen LogP contribution in [0.1, 0.15) is 18.4 Å². The second-order valence-corrected chi connectivity index (χ2v) is 5.40. The number of nitrogens with zero attached hydrogens (tertiary/aromatic N) is 5. The summed E-state index contributed by atoms with van der Waals surface area (Å²) in [4.78, 5) is 22.3. The normalized spacial score (nSPS) is 15.2. The highest BCUT2D eigenvalue weighted by molar-refractivity contribution is 5.77. The number of aromatic nitrogens is 4. The SMILES string of the molecule is O=C(CCc1nc2ccccc2o1)N1CC(n2cncn2)C1. The Morgan fingerprint density at radius 2 is 2.18 bits per heavy atom. The second kappa shape index (κ2) is 5.25. The molecule has 0 saturated carbocycles. The predicted molar refractivity (Wildman–Crippen MR) is 78.0 cm³/mol. The van der Waals surface area contributed by atoms with Gasteiger partial charge in [-0.3, -0.25) is 4.79 Å². The number of hydrogen-bond acceptors (Lipinski definition) is 5. The lowest BCUT2D eigenvalue weighted by Crippen LogP contribution is -2.50. The first-order valence-corrected chi connectivity index (χ1v) is 7.26. The molecule has 1 fully saturated rings. The van der Waals surface area contributed by atoms with E-state index in [4.69, 9.17) is 4.42 Å². The van der Waals surface area contributed by atoms with Crippen molar-refractivity contribution in [2.75, 3.05) is 13.1 Å². The number of rotatable bonds is 4. The summed E-state index contributed by atoms with van der Waals surface area (Å²) in [6.45, 7) is 1.38. The highest BCUT2D eigenvalue weighted by Gasteiger charge is 2.32. The number of benzene rings is 1. The summed E-state index contributed by atoms with van der Waals surface area (Å²) in [6.07, 6.45) is 4.14. The molecular formula is C15H15N5O2. The maximum atomic E-state index is 12.1. The first-order chi connectivity index (χ1) is 10.8. The molecule has 7 nitrogen and oxygen atoms in total. The van der Waals surface area contributed by atoms with Crippen LogP contribution in [0.25, 0.3) is 11.1 Å². The van der Waals surface area contributed by atoms with E-state index in [1.807, 2.05) is 29.2 Å². The number of aryl methyl sites for hydroxylation is 1. The Bertz CT molecular complexity index is 756. The number of carbonyl (C=O) groups excluding carboxylic acids is 1. The monoisotopic (exact) mass is 297 g/mol. The molecule has 1 aromatic carbocycles. The Labute approximate surface area is 126 Å². The lowest BCUT2D eigenvalue weighted by atomic mass is 10.1. The molecule has 1 amide bonds. The molecule has 2 aromatic heterocycles. The molecule has 0 radical (unpaired) electrons. The number of carbonyl (C=O) groups is 1. The minimum atomic E-state index is 0.124. The average Bonchev–Trinajstić information content (AvgIpc) is 3.12. The van der Waals surface area contributed by atoms with Crippen molar-refractivity contribution in [3.05, 3.63) is 42.8 Å². The van der Waals surface area contributed by atoms with Crippen LogP contribution in [0.4, 0.5) is 0 Å². The minimum Gasteiger partial charge on any atom is -0.441 e. The second-order valence-electron chi connectivity index (χ2n) is 5.40. The molecule has 3 aromatic rings. The van der Waals surface area contributed by atoms with Crippen molar-refractivity contribution in [1.82, 2.24) is 24.6 Å². The molecule has 4 rings (SSSR count). The number of fused-ring (bicyclic) bond motifs is 1. The summed E-state index contributed by atoms with van der Waals surface area (Å²) in [5.74, 6) is 0.738. The summed E-state index contributed by atoms with van der Waals surface area (Å²) in [7, 11) is 0. The molecule has 1 aliphatic heterocycles. The third-order valence-electron chi connectivity index (χ3n) is 3.92. The standard InChI is InChI=1S/C15H15N5O2/c21-15(19-7-11(8-19)20-10-16-9-17-20)6-5-14-18-12-3-1-2-4-13(12)22-14/h1-4,9-11H,5-8H2. The first kappa shape index (κ1) is 13.0. The van der Waals surface area contributed by atoms with Crippen LogP contribution in [0.5, 0.6) is 0 Å². The molecular weight excluding hydrogens is 282 g/mol. The topological polar surface area (TPSA) is 77.0 Å². The molecule has 0 bridgehead atoms. The van der Waals surface area contributed by atoms with Gasteiger partial charge in [-0.1, -0.05) is 12.1 Å². The molecule has 0 N–H and O–H groups in total. The molecule has 22 heavy (non-hydrogen) atoms. The number of likely N-dealkylation sites (tertiary alicyclic amines) is 1. The largest absolute Gasteiger partial charge is 0.441 e. The van der Waals surface area contributed by atoms with Gasteiger partial charge >= 0.3 is 0 Å². The molecule has 0 atom stereocenters. The van der Waals surface area contributed by atoms with E-state index in [9.17, 15) is 4.79 Å². The average molecular weight is 297 g/mol. The highest BCUT2D eigenvalue weighted by Crippen LogP contribution is 2.21. The maximum Gasteiger partial charge on any atom is 0.223 e. The Morgan fingerprint density at radius 3 is 2.95 bits per heavy atom. The molecule has 0 spiro atoms. The molecule has 1 aliphatic rings. The Kier molecular flexibility index (Phi) is 3.10. The Morgan fingerprint density at radius 1 is 1.32 bits per heavy atom. The van der Waals surface area contributed by atoms with E-state index in [1.165, 1.54) is 6.33 Å². The third-order valence-corrected chi connectivity index (χ3v) is 3.92. The van der Waals surface area contributed by atoms with E-state index < -0.39 is 0 Å². The Hall–Kier alpha value is -2.70. The van der Waals surface area contributed by atoms with Gasteiger partial charge in [-0.25, -0.2) is 14.6 Å². The summed E-state index contributed by atoms with van der Waals surface area (Å²) in [5, 5.41) is 4.09. The van der Waals surface area contributed by atoms with Crippen LogP contribution < -0.4 is 0 Å². The van der Waals surface area contributed by atoms with E-state index in [2.05, 4.69) is 15.1 Å². The predicted octanol–water partition coefficient (Wildman–Crippen LogP) is 1.44. The minimum absolute atomic E-state index is 0.124. The van der Waals surface area contributed by atoms with Gasteiger partial charge in [0.15, 0.2) is 11.5 Å². The van der Waals surface area contributed by atoms with Crippen molar-refractivity contribution in [3.8, 4) is 0 Å². The van der Waals surface area contributed by atoms with E-state index in [0.717, 1.165) is 11.1 Å². The van der Waals surface area contributed by atoms with E-state index >= 15 is 0 Å². The van der Waals surface area contributed by atoms with Crippen LogP contribution in [0, 0.1) is 0 Å². The number of hydrogen-bond donors (Lipinski definition) is 0. The van der Waals surface area contributed by atoms with Gasteiger partial charge in [-0.15, -0.1) is 0 Å². The fourth-order valence-corrected chi connectivity index (χ4v) is 2.63. The zero-order valence-electron chi connectivity index (χ0n) is 11.9. The summed E-state index contributed by atoms with van der Waals surface area (Å²) in [5.41, 5.74) is 1.60. The first-order valence-electron chi connectivity index (χ1n) is 7.26. The van der Waals surface area contributed by atoms with Gasteiger partial charge in [-0.2, -0.15) is 5.10 Å². The van der Waals surface area contributed by atoms with Crippen molar-refractivity contribution in [2.45, 2.75) is 18.9 Å². The molecule has 1 saturated heterocycles. The molecule has 7 heteroatoms. The van der Waals surface area contributed by atoms with Crippen LogP contribution in [-0.2, 0) is 11.2 Å². The molecule has 0 aliphatic carbocycles. The van der Waals surface area contributed by atoms with Crippen molar-refractivity contribution in [3.63, 3.8) is 0 Å². The van der Waals surface area contributed by atoms with Gasteiger partial charge in [0, 0.05) is 25.9 Å². The lowest BCUT2D eigenvalue weighted by molar-refractivity contribution is -0.137. The van der Waals surface area contributed by atoms with Crippen molar-refractivity contribution >= 4 is 17.0 Å². The zero-order valence-corrected chi connectivity index (χ0v) is 11.9. The van der Waals surface area contributed by atoms with Gasteiger partial charge in [0.05, 0.1) is 6.04 Å². The number of oxazole rings is 1. The van der Waals surface area contributed by atoms with Gasteiger partial charge in [-0.05, 0) is 12.1 Å². The molecule has 3 heterocycles. The molecule has 0 unspecified atom stereocenters. The highest BCUT2D eigenvalue weighted by atomic mass is 16.3. The maximum absolute atomic E-state index is 12.1. The summed E-state index contributed by atoms with van der Waals surface area (Å²) < 4.78 is 7.42. The summed E-state index contributed by atoms with van der Waals surface area (Å²) in [6, 6.07) is 7.86. The smallest absolute Gasteiger partial charge is 0.223 e. The van der Waals surface area contributed by atoms with Gasteiger partial charge in [0.2, 0.25) is 5.91 Å². The fraction of sp³-hybridized carbons (Fsp3) is 0.333. The van der Waals surface area contributed by atoms with E-state index in [1.54, 1.807) is 11.0 Å². The molecule has 112 valence electrons. The quantitative estimate of drug-likeness (QED) is 0.728. The van der Waals surface area contributed by atoms with Crippen LogP contribution in [0.15, 0.2) is 41.3 Å². The van der Waals surface area contributed by atoms with Gasteiger partial charge < -0.3 is 9.32 Å². The zero-order chi connectivity index (χ0) is 14.9. The fourth-order valence-electron chi connectivity index (χ4n) is 2.63. The number of amides is 1. The summed E-state index contributed by atoms with van der Waals surface area (Å²) >= 11 is 0. The van der Waals surface area contributed by atoms with Gasteiger partial charge in [0.1, 0.15) is 18.2 Å². The van der Waals surface area contributed by atoms with Crippen molar-refractivity contribution < 1.29 is 9.21 Å². The van der Waals surface area contributed by atoms with Crippen LogP contribution in [0.2, 0.25) is 0 Å². The van der Waals surface area contributed by atoms with Crippen LogP contribution in [0.3, 0.4) is 0 Å². The third kappa shape index (κ3) is 2.34. The van der Waals surface area contributed by atoms with E-state index in [-0.39, 0.29) is 11.9 Å². The van der Waals surface area contributed by atoms with Crippen LogP contribution in [-0.4, -0.2) is 43.6 Å². The number of para-hydroxylation sites is 2. The Balaban J connectivity index is 1.32. The van der Waals surface area contributed by atoms with Crippen LogP contribution >= 0.6 is 0 Å². The van der Waals surface area contributed by atoms with Crippen molar-refractivity contribution in [2.24, 2.45) is 0 Å².